The van der Waals surface area contributed by atoms with Crippen LogP contribution in [0.1, 0.15) is 28.2 Å². The monoisotopic (exact) mass is 751 g/mol. The Bertz CT molecular complexity index is 33.7. The zero-order valence-electron chi connectivity index (χ0n) is 7.59. The molecule has 0 aliphatic heterocycles. The van der Waals surface area contributed by atoms with E-state index >= 15 is 0 Å². The Morgan fingerprint density at radius 2 is 1.08 bits per heavy atom. The number of hydrogen-bond acceptors (Lipinski definition) is 0. The Morgan fingerprint density at radius 1 is 1.08 bits per heavy atom. The molecule has 0 aliphatic rings. The van der Waals surface area contributed by atoms with E-state index in [1.54, 1.807) is 6.08 Å². The van der Waals surface area contributed by atoms with Gasteiger partial charge in [-0.1, -0.05) is 27.4 Å². The fourth-order valence-corrected chi connectivity index (χ4v) is 0. The molecule has 0 atom stereocenters. The third kappa shape index (κ3) is 266. The van der Waals surface area contributed by atoms with Gasteiger partial charge < -0.3 is 0 Å². The topological polar surface area (TPSA) is 0 Å². The molecule has 0 aliphatic carbocycles. The predicted molar refractivity (Wildman–Crippen MR) is 101 cm³/mol. The van der Waals surface area contributed by atoms with Gasteiger partial charge in [-0.15, -0.1) is 19.7 Å². The average Bonchev–Trinajstić information content (AvgIpc) is 2.16. The minimum atomic E-state index is 0. The van der Waals surface area contributed by atoms with Crippen molar-refractivity contribution < 1.29 is 13.3 Å². The van der Waals surface area contributed by atoms with Crippen molar-refractivity contribution in [3.63, 3.8) is 0 Å². The van der Waals surface area contributed by atoms with E-state index in [2.05, 4.69) is 94.2 Å². The van der Waals surface area contributed by atoms with E-state index in [-0.39, 0.29) is 7.43 Å². The Balaban J connectivity index is -0.0000000118. The molecule has 0 saturated carbocycles. The molecule has 0 aromatic rings. The van der Waals surface area contributed by atoms with Crippen LogP contribution in [0.4, 0.5) is 0 Å². The zero-order chi connectivity index (χ0) is 11.4. The van der Waals surface area contributed by atoms with E-state index in [1.165, 1.54) is 0 Å². The van der Waals surface area contributed by atoms with Gasteiger partial charge in [-0.3, -0.25) is 0 Å². The fraction of sp³-hybridized carbons (Fsp3) is 0.500. The molecule has 0 heterocycles. The Morgan fingerprint density at radius 3 is 1.08 bits per heavy atom. The first-order valence-corrected chi connectivity index (χ1v) is 21.8. The van der Waals surface area contributed by atoms with E-state index in [1.807, 2.05) is 20.8 Å². The van der Waals surface area contributed by atoms with Crippen LogP contribution >= 0.6 is 74.5 Å². The summed E-state index contributed by atoms with van der Waals surface area (Å²) in [6.45, 7) is 15.2. The summed E-state index contributed by atoms with van der Waals surface area (Å²) >= 11 is 9.54. The molecule has 0 aromatic carbocycles. The minimum absolute atomic E-state index is 0. The molecular weight excluding hydrogens is 731 g/mol. The van der Waals surface area contributed by atoms with Gasteiger partial charge >= 0.3 is 50.5 Å². The molecule has 0 spiro atoms. The van der Waals surface area contributed by atoms with E-state index in [0.29, 0.717) is 13.3 Å². The molecule has 0 bridgehead atoms. The summed E-state index contributed by atoms with van der Waals surface area (Å²) in [5.41, 5.74) is 0. The first-order valence-electron chi connectivity index (χ1n) is 2.91. The van der Waals surface area contributed by atoms with Gasteiger partial charge in [0.15, 0.2) is 0 Å². The molecule has 0 radical (unpaired) electrons. The van der Waals surface area contributed by atoms with Gasteiger partial charge in [-0.2, -0.15) is 0 Å². The first kappa shape index (κ1) is 36.0. The zero-order valence-corrected chi connectivity index (χ0v) is 18.4. The standard InChI is InChI=1S/C3H6.C2H6.C2H4.CH4.I3.I2/c1-3-2;2*1-2;;1-3-2;1-2/h3H,1H2,2H3;1-2H3;1-2H2;1H4;;/q;;;;-1;. The second-order valence-electron chi connectivity index (χ2n) is 0.462. The molecule has 0 amide bonds. The van der Waals surface area contributed by atoms with Crippen molar-refractivity contribution in [2.45, 2.75) is 28.2 Å². The Hall–Kier alpha value is 3.13. The molecule has 0 unspecified atom stereocenters. The molecule has 13 heavy (non-hydrogen) atoms. The normalized spacial score (nSPS) is 3.92. The van der Waals surface area contributed by atoms with Crippen molar-refractivity contribution in [2.75, 3.05) is 0 Å². The van der Waals surface area contributed by atoms with Gasteiger partial charge in [-0.05, 0) is 6.92 Å². The van der Waals surface area contributed by atoms with Crippen molar-refractivity contribution in [3.8, 4) is 0 Å². The van der Waals surface area contributed by atoms with Crippen LogP contribution < -0.4 is 13.3 Å². The van der Waals surface area contributed by atoms with Crippen LogP contribution in [-0.2, 0) is 0 Å². The van der Waals surface area contributed by atoms with Crippen LogP contribution in [0.5, 0.6) is 0 Å². The molecule has 0 nitrogen and oxygen atoms in total. The third-order valence-electron chi connectivity index (χ3n) is 0. The number of halogens is 5. The SMILES string of the molecule is C.C=C.C=CC.CC.II.I[I-]I. The van der Waals surface area contributed by atoms with Crippen LogP contribution in [0.15, 0.2) is 25.8 Å². The van der Waals surface area contributed by atoms with Gasteiger partial charge in [0.2, 0.25) is 0 Å². The van der Waals surface area contributed by atoms with Crippen molar-refractivity contribution in [1.29, 1.82) is 0 Å². The van der Waals surface area contributed by atoms with Crippen LogP contribution in [0.3, 0.4) is 0 Å². The van der Waals surface area contributed by atoms with Crippen molar-refractivity contribution in [3.05, 3.63) is 25.8 Å². The first-order chi connectivity index (χ1) is 5.83. The summed E-state index contributed by atoms with van der Waals surface area (Å²) in [5.74, 6) is 0. The second kappa shape index (κ2) is 115. The van der Waals surface area contributed by atoms with Gasteiger partial charge in [0.25, 0.3) is 0 Å². The summed E-state index contributed by atoms with van der Waals surface area (Å²) in [6.07, 6.45) is 1.75. The average molecular weight is 751 g/mol. The number of rotatable bonds is 0. The van der Waals surface area contributed by atoms with Crippen LogP contribution in [0.25, 0.3) is 0 Å². The summed E-state index contributed by atoms with van der Waals surface area (Å²) in [4.78, 5) is 0. The maximum atomic E-state index is 3.36. The molecule has 0 fully saturated rings. The fourth-order valence-electron chi connectivity index (χ4n) is 0. The summed E-state index contributed by atoms with van der Waals surface area (Å²) in [7, 11) is 0. The third-order valence-corrected chi connectivity index (χ3v) is 0. The maximum absolute atomic E-state index is 3.36. The van der Waals surface area contributed by atoms with Gasteiger partial charge in [0.1, 0.15) is 0 Å². The van der Waals surface area contributed by atoms with Gasteiger partial charge in [-0.25, -0.2) is 0 Å². The molecule has 5 heteroatoms. The quantitative estimate of drug-likeness (QED) is 0.258. The summed E-state index contributed by atoms with van der Waals surface area (Å²) in [6, 6.07) is 0. The van der Waals surface area contributed by atoms with E-state index in [4.69, 9.17) is 0 Å². The molecule has 0 saturated heterocycles. The van der Waals surface area contributed by atoms with Crippen molar-refractivity contribution >= 4 is 74.5 Å². The van der Waals surface area contributed by atoms with Crippen molar-refractivity contribution in [1.82, 2.24) is 0 Å². The number of allylic oxidation sites excluding steroid dienone is 1. The van der Waals surface area contributed by atoms with Gasteiger partial charge in [0.05, 0.1) is 0 Å². The van der Waals surface area contributed by atoms with Crippen LogP contribution in [0, 0.1) is 0 Å². The van der Waals surface area contributed by atoms with E-state index < -0.39 is 0 Å². The Kier molecular flexibility index (Phi) is 318. The van der Waals surface area contributed by atoms with Crippen LogP contribution in [-0.4, -0.2) is 0 Å². The molecule has 88 valence electrons. The van der Waals surface area contributed by atoms with E-state index in [9.17, 15) is 0 Å². The Labute approximate surface area is 138 Å². The second-order valence-corrected chi connectivity index (χ2v) is 16.7. The molecule has 0 N–H and O–H groups in total. The summed E-state index contributed by atoms with van der Waals surface area (Å²) in [5, 5.41) is 0. The summed E-state index contributed by atoms with van der Waals surface area (Å²) < 4.78 is 0. The predicted octanol–water partition coefficient (Wildman–Crippen LogP) is 4.20. The molecular formula is C8H20I5-. The molecule has 0 aromatic heterocycles. The van der Waals surface area contributed by atoms with E-state index in [0.717, 1.165) is 0 Å². The van der Waals surface area contributed by atoms with Gasteiger partial charge in [0, 0.05) is 37.2 Å². The molecule has 0 rings (SSSR count). The number of hydrogen-bond donors (Lipinski definition) is 0. The van der Waals surface area contributed by atoms with Crippen LogP contribution in [0.2, 0.25) is 0 Å². The van der Waals surface area contributed by atoms with Crippen molar-refractivity contribution in [2.24, 2.45) is 0 Å².